The molecule has 1 amide bonds. The summed E-state index contributed by atoms with van der Waals surface area (Å²) in [6.45, 7) is 1.86. The lowest BCUT2D eigenvalue weighted by atomic mass is 10.1. The van der Waals surface area contributed by atoms with Crippen LogP contribution in [0, 0.1) is 6.92 Å². The number of nitrogens with one attached hydrogen (secondary N) is 1. The SMILES string of the molecule is Cc1noc(CNC(=O)[C@H](N)Cc2ccc(O)cc2)n1. The van der Waals surface area contributed by atoms with Gasteiger partial charge in [-0.1, -0.05) is 17.3 Å². The number of aryl methyl sites for hydroxylation is 1. The normalized spacial score (nSPS) is 12.1. The van der Waals surface area contributed by atoms with Crippen molar-refractivity contribution in [3.05, 3.63) is 41.5 Å². The number of hydrogen-bond donors (Lipinski definition) is 3. The molecule has 20 heavy (non-hydrogen) atoms. The molecule has 7 nitrogen and oxygen atoms in total. The number of aromatic hydroxyl groups is 1. The van der Waals surface area contributed by atoms with Crippen LogP contribution in [-0.4, -0.2) is 27.2 Å². The third kappa shape index (κ3) is 3.79. The molecule has 0 bridgehead atoms. The maximum Gasteiger partial charge on any atom is 0.246 e. The lowest BCUT2D eigenvalue weighted by Gasteiger charge is -2.11. The van der Waals surface area contributed by atoms with Crippen LogP contribution >= 0.6 is 0 Å². The van der Waals surface area contributed by atoms with E-state index >= 15 is 0 Å². The van der Waals surface area contributed by atoms with Gasteiger partial charge in [-0.2, -0.15) is 4.98 Å². The van der Waals surface area contributed by atoms with Crippen molar-refractivity contribution in [3.8, 4) is 5.75 Å². The second-order valence-electron chi connectivity index (χ2n) is 4.43. The first-order valence-corrected chi connectivity index (χ1v) is 6.15. The molecule has 2 aromatic rings. The molecule has 0 saturated heterocycles. The third-order valence-corrected chi connectivity index (χ3v) is 2.71. The number of hydrogen-bond acceptors (Lipinski definition) is 6. The van der Waals surface area contributed by atoms with Crippen LogP contribution in [0.3, 0.4) is 0 Å². The summed E-state index contributed by atoms with van der Waals surface area (Å²) in [4.78, 5) is 15.8. The number of amides is 1. The zero-order valence-electron chi connectivity index (χ0n) is 11.0. The summed E-state index contributed by atoms with van der Waals surface area (Å²) in [5.74, 6) is 0.739. The number of nitrogens with zero attached hydrogens (tertiary/aromatic N) is 2. The van der Waals surface area contributed by atoms with E-state index in [0.29, 0.717) is 18.1 Å². The molecule has 1 heterocycles. The number of phenols is 1. The lowest BCUT2D eigenvalue weighted by Crippen LogP contribution is -2.41. The molecule has 7 heteroatoms. The van der Waals surface area contributed by atoms with E-state index in [4.69, 9.17) is 10.3 Å². The van der Waals surface area contributed by atoms with Crippen LogP contribution < -0.4 is 11.1 Å². The van der Waals surface area contributed by atoms with Gasteiger partial charge in [0.2, 0.25) is 11.8 Å². The van der Waals surface area contributed by atoms with Crippen LogP contribution in [0.5, 0.6) is 5.75 Å². The summed E-state index contributed by atoms with van der Waals surface area (Å²) in [5, 5.41) is 15.4. The molecule has 1 aromatic carbocycles. The number of carbonyl (C=O) groups excluding carboxylic acids is 1. The Labute approximate surface area is 115 Å². The van der Waals surface area contributed by atoms with Crippen molar-refractivity contribution in [2.24, 2.45) is 5.73 Å². The first-order chi connectivity index (χ1) is 9.54. The van der Waals surface area contributed by atoms with Gasteiger partial charge in [0.05, 0.1) is 12.6 Å². The van der Waals surface area contributed by atoms with Crippen molar-refractivity contribution in [2.75, 3.05) is 0 Å². The highest BCUT2D eigenvalue weighted by molar-refractivity contribution is 5.81. The minimum Gasteiger partial charge on any atom is -0.508 e. The molecule has 0 radical (unpaired) electrons. The second-order valence-corrected chi connectivity index (χ2v) is 4.43. The molecule has 4 N–H and O–H groups in total. The van der Waals surface area contributed by atoms with Crippen molar-refractivity contribution < 1.29 is 14.4 Å². The van der Waals surface area contributed by atoms with E-state index in [1.807, 2.05) is 0 Å². The van der Waals surface area contributed by atoms with Gasteiger partial charge >= 0.3 is 0 Å². The van der Waals surface area contributed by atoms with E-state index in [1.165, 1.54) is 0 Å². The fourth-order valence-electron chi connectivity index (χ4n) is 1.68. The summed E-state index contributed by atoms with van der Waals surface area (Å²) in [6.07, 6.45) is 0.384. The van der Waals surface area contributed by atoms with Crippen LogP contribution in [0.25, 0.3) is 0 Å². The molecule has 0 aliphatic rings. The smallest absolute Gasteiger partial charge is 0.246 e. The van der Waals surface area contributed by atoms with Crippen molar-refractivity contribution in [3.63, 3.8) is 0 Å². The van der Waals surface area contributed by atoms with Gasteiger partial charge in [0.25, 0.3) is 0 Å². The number of rotatable bonds is 5. The number of aromatic nitrogens is 2. The van der Waals surface area contributed by atoms with Crippen molar-refractivity contribution in [2.45, 2.75) is 25.9 Å². The number of carbonyl (C=O) groups is 1. The summed E-state index contributed by atoms with van der Waals surface area (Å²) in [5.41, 5.74) is 6.69. The predicted octanol–water partition coefficient (Wildman–Crippen LogP) is 0.270. The van der Waals surface area contributed by atoms with E-state index in [9.17, 15) is 9.90 Å². The van der Waals surface area contributed by atoms with Crippen molar-refractivity contribution in [1.82, 2.24) is 15.5 Å². The van der Waals surface area contributed by atoms with Gasteiger partial charge in [0.15, 0.2) is 5.82 Å². The van der Waals surface area contributed by atoms with E-state index in [0.717, 1.165) is 5.56 Å². The Bertz CT molecular complexity index is 580. The van der Waals surface area contributed by atoms with Gasteiger partial charge in [0.1, 0.15) is 5.75 Å². The van der Waals surface area contributed by atoms with Gasteiger partial charge in [-0.15, -0.1) is 0 Å². The molecule has 2 rings (SSSR count). The van der Waals surface area contributed by atoms with Gasteiger partial charge in [-0.25, -0.2) is 0 Å². The maximum absolute atomic E-state index is 11.8. The number of benzene rings is 1. The topological polar surface area (TPSA) is 114 Å². The standard InChI is InChI=1S/C13H16N4O3/c1-8-16-12(20-17-8)7-15-13(19)11(14)6-9-2-4-10(18)5-3-9/h2-5,11,18H,6-7,14H2,1H3,(H,15,19)/t11-/m1/s1. The second kappa shape index (κ2) is 6.16. The van der Waals surface area contributed by atoms with E-state index < -0.39 is 6.04 Å². The van der Waals surface area contributed by atoms with Crippen LogP contribution in [0.15, 0.2) is 28.8 Å². The highest BCUT2D eigenvalue weighted by Crippen LogP contribution is 2.10. The number of nitrogens with two attached hydrogens (primary N) is 1. The van der Waals surface area contributed by atoms with E-state index in [-0.39, 0.29) is 18.2 Å². The molecule has 0 saturated carbocycles. The predicted molar refractivity (Wildman–Crippen MR) is 70.7 cm³/mol. The average Bonchev–Trinajstić information content (AvgIpc) is 2.84. The molecule has 106 valence electrons. The van der Waals surface area contributed by atoms with Crippen LogP contribution in [0.2, 0.25) is 0 Å². The summed E-state index contributed by atoms with van der Waals surface area (Å²) in [7, 11) is 0. The van der Waals surface area contributed by atoms with Crippen LogP contribution in [0.4, 0.5) is 0 Å². The highest BCUT2D eigenvalue weighted by atomic mass is 16.5. The first-order valence-electron chi connectivity index (χ1n) is 6.15. The quantitative estimate of drug-likeness (QED) is 0.722. The number of phenolic OH excluding ortho intramolecular Hbond substituents is 1. The minimum absolute atomic E-state index is 0.156. The molecular formula is C13H16N4O3. The zero-order chi connectivity index (χ0) is 14.5. The lowest BCUT2D eigenvalue weighted by molar-refractivity contribution is -0.122. The Morgan fingerprint density at radius 1 is 1.45 bits per heavy atom. The van der Waals surface area contributed by atoms with Crippen LogP contribution in [0.1, 0.15) is 17.3 Å². The zero-order valence-corrected chi connectivity index (χ0v) is 11.0. The van der Waals surface area contributed by atoms with E-state index in [2.05, 4.69) is 15.5 Å². The maximum atomic E-state index is 11.8. The van der Waals surface area contributed by atoms with Crippen molar-refractivity contribution >= 4 is 5.91 Å². The summed E-state index contributed by atoms with van der Waals surface area (Å²) < 4.78 is 4.88. The monoisotopic (exact) mass is 276 g/mol. The molecular weight excluding hydrogens is 260 g/mol. The molecule has 0 aliphatic carbocycles. The fraction of sp³-hybridized carbons (Fsp3) is 0.308. The molecule has 0 fully saturated rings. The first kappa shape index (κ1) is 14.0. The van der Waals surface area contributed by atoms with Crippen molar-refractivity contribution in [1.29, 1.82) is 0 Å². The molecule has 1 atom stereocenters. The molecule has 1 aromatic heterocycles. The Hall–Kier alpha value is -2.41. The Balaban J connectivity index is 1.84. The molecule has 0 unspecified atom stereocenters. The Kier molecular flexibility index (Phi) is 4.31. The fourth-order valence-corrected chi connectivity index (χ4v) is 1.68. The van der Waals surface area contributed by atoms with Gasteiger partial charge in [-0.3, -0.25) is 4.79 Å². The third-order valence-electron chi connectivity index (χ3n) is 2.71. The summed E-state index contributed by atoms with van der Waals surface area (Å²) >= 11 is 0. The largest absolute Gasteiger partial charge is 0.508 e. The average molecular weight is 276 g/mol. The molecule has 0 aliphatic heterocycles. The minimum atomic E-state index is -0.677. The Morgan fingerprint density at radius 3 is 2.75 bits per heavy atom. The van der Waals surface area contributed by atoms with Gasteiger partial charge < -0.3 is 20.7 Å². The molecule has 0 spiro atoms. The van der Waals surface area contributed by atoms with E-state index in [1.54, 1.807) is 31.2 Å². The van der Waals surface area contributed by atoms with Crippen LogP contribution in [-0.2, 0) is 17.8 Å². The Morgan fingerprint density at radius 2 is 2.15 bits per heavy atom. The van der Waals surface area contributed by atoms with Gasteiger partial charge in [-0.05, 0) is 31.0 Å². The van der Waals surface area contributed by atoms with Gasteiger partial charge in [0, 0.05) is 0 Å². The summed E-state index contributed by atoms with van der Waals surface area (Å²) in [6, 6.07) is 5.89. The highest BCUT2D eigenvalue weighted by Gasteiger charge is 2.15.